The van der Waals surface area contributed by atoms with E-state index in [1.165, 1.54) is 0 Å². The van der Waals surface area contributed by atoms with Crippen molar-refractivity contribution in [1.82, 2.24) is 15.3 Å². The number of fused-ring (bicyclic) bond motifs is 2. The molecule has 0 bridgehead atoms. The fraction of sp³-hybridized carbons (Fsp3) is 0.316. The number of aliphatic carboxylic acids is 1. The maximum Gasteiger partial charge on any atom is 0.320 e. The van der Waals surface area contributed by atoms with Gasteiger partial charge in [-0.25, -0.2) is 9.98 Å². The zero-order valence-electron chi connectivity index (χ0n) is 16.2. The summed E-state index contributed by atoms with van der Waals surface area (Å²) in [7, 11) is 0. The number of amides is 1. The fourth-order valence-electron chi connectivity index (χ4n) is 2.97. The van der Waals surface area contributed by atoms with Crippen molar-refractivity contribution in [3.8, 4) is 0 Å². The highest BCUT2D eigenvalue weighted by Crippen LogP contribution is 2.36. The monoisotopic (exact) mass is 398 g/mol. The van der Waals surface area contributed by atoms with Gasteiger partial charge in [-0.15, -0.1) is 0 Å². The predicted molar refractivity (Wildman–Crippen MR) is 107 cm³/mol. The average Bonchev–Trinajstić information content (AvgIpc) is 2.63. The van der Waals surface area contributed by atoms with Crippen molar-refractivity contribution in [2.75, 3.05) is 18.0 Å². The fourth-order valence-corrected chi connectivity index (χ4v) is 2.97. The first kappa shape index (κ1) is 20.2. The predicted octanol–water partition coefficient (Wildman–Crippen LogP) is -0.882. The van der Waals surface area contributed by atoms with E-state index in [-0.39, 0.29) is 42.1 Å². The Morgan fingerprint density at radius 1 is 1.34 bits per heavy atom. The van der Waals surface area contributed by atoms with Crippen LogP contribution in [0.3, 0.4) is 0 Å². The maximum absolute atomic E-state index is 12.5. The Morgan fingerprint density at radius 2 is 2.03 bits per heavy atom. The molecule has 2 heterocycles. The molecule has 0 fully saturated rings. The second kappa shape index (κ2) is 7.84. The third-order valence-electron chi connectivity index (χ3n) is 4.69. The number of rotatable bonds is 6. The number of hydrogen-bond donors (Lipinski definition) is 4. The van der Waals surface area contributed by atoms with Gasteiger partial charge in [0.1, 0.15) is 18.1 Å². The molecule has 1 aliphatic heterocycles. The summed E-state index contributed by atoms with van der Waals surface area (Å²) in [6.07, 6.45) is 0.100. The van der Waals surface area contributed by atoms with Gasteiger partial charge in [0.05, 0.1) is 11.4 Å². The third kappa shape index (κ3) is 4.16. The molecule has 0 unspecified atom stereocenters. The zero-order valence-corrected chi connectivity index (χ0v) is 16.2. The van der Waals surface area contributed by atoms with E-state index in [0.29, 0.717) is 11.4 Å². The lowest BCUT2D eigenvalue weighted by atomic mass is 10.1. The number of nitrogens with one attached hydrogen (secondary N) is 2. The Hall–Kier alpha value is -3.53. The van der Waals surface area contributed by atoms with Crippen LogP contribution in [0.5, 0.6) is 0 Å². The molecule has 0 saturated heterocycles. The molecule has 152 valence electrons. The van der Waals surface area contributed by atoms with Crippen LogP contribution >= 0.6 is 0 Å². The van der Waals surface area contributed by atoms with Gasteiger partial charge in [0.25, 0.3) is 5.56 Å². The molecule has 0 radical (unpaired) electrons. The van der Waals surface area contributed by atoms with Crippen molar-refractivity contribution in [3.05, 3.63) is 44.5 Å². The molecule has 29 heavy (non-hydrogen) atoms. The number of anilines is 2. The maximum atomic E-state index is 12.5. The van der Waals surface area contributed by atoms with Crippen molar-refractivity contribution in [2.45, 2.75) is 26.3 Å². The molecular weight excluding hydrogens is 376 g/mol. The molecule has 0 saturated carbocycles. The SMILES string of the molecule is C=c1nc2c(c(=O)[nH]1)=Nc1cc(C)c(C)cc1N2CC(=O)NCC[C@H](N)C(=O)O. The Bertz CT molecular complexity index is 1160. The second-order valence-corrected chi connectivity index (χ2v) is 6.89. The number of hydrogen-bond acceptors (Lipinski definition) is 7. The first-order valence-corrected chi connectivity index (χ1v) is 8.99. The number of nitrogens with two attached hydrogens (primary N) is 1. The van der Waals surface area contributed by atoms with E-state index in [9.17, 15) is 14.4 Å². The Kier molecular flexibility index (Phi) is 5.46. The Balaban J connectivity index is 1.94. The molecule has 10 nitrogen and oxygen atoms in total. The lowest BCUT2D eigenvalue weighted by Crippen LogP contribution is -2.45. The summed E-state index contributed by atoms with van der Waals surface area (Å²) in [4.78, 5) is 48.5. The number of nitrogens with zero attached hydrogens (tertiary/aromatic N) is 3. The van der Waals surface area contributed by atoms with Crippen LogP contribution in [-0.2, 0) is 9.59 Å². The summed E-state index contributed by atoms with van der Waals surface area (Å²) < 4.78 is 0. The molecule has 1 aliphatic rings. The van der Waals surface area contributed by atoms with E-state index >= 15 is 0 Å². The molecule has 0 aliphatic carbocycles. The standard InChI is InChI=1S/C19H22N6O4/c1-9-6-13-14(7-10(9)2)25(8-15(26)21-5-4-12(20)19(28)29)17-16(24-13)18(27)23-11(3)22-17/h6-7,12H,3-5,8,20H2,1-2H3,(H,21,26)(H,23,27)(H,28,29)/t12-/m0/s1. The summed E-state index contributed by atoms with van der Waals surface area (Å²) in [5, 5.41) is 11.6. The minimum absolute atomic E-state index is 0.100. The van der Waals surface area contributed by atoms with Crippen LogP contribution < -0.4 is 32.3 Å². The van der Waals surface area contributed by atoms with Gasteiger partial charge in [0.2, 0.25) is 5.91 Å². The lowest BCUT2D eigenvalue weighted by Gasteiger charge is -2.28. The highest BCUT2D eigenvalue weighted by molar-refractivity contribution is 5.87. The van der Waals surface area contributed by atoms with Crippen molar-refractivity contribution >= 4 is 35.6 Å². The van der Waals surface area contributed by atoms with Crippen molar-refractivity contribution in [2.24, 2.45) is 10.7 Å². The molecule has 5 N–H and O–H groups in total. The topological polar surface area (TPSA) is 154 Å². The molecule has 1 aromatic heterocycles. The first-order chi connectivity index (χ1) is 13.7. The smallest absolute Gasteiger partial charge is 0.320 e. The van der Waals surface area contributed by atoms with Gasteiger partial charge >= 0.3 is 5.97 Å². The molecule has 1 amide bonds. The number of carbonyl (C=O) groups excluding carboxylic acids is 1. The van der Waals surface area contributed by atoms with Crippen molar-refractivity contribution < 1.29 is 14.7 Å². The molecule has 0 spiro atoms. The van der Waals surface area contributed by atoms with Crippen LogP contribution in [-0.4, -0.2) is 46.1 Å². The number of carboxylic acid groups (broad SMARTS) is 1. The molecule has 2 aromatic rings. The number of benzene rings is 1. The minimum Gasteiger partial charge on any atom is -0.480 e. The summed E-state index contributed by atoms with van der Waals surface area (Å²) in [6, 6.07) is 2.68. The van der Waals surface area contributed by atoms with E-state index in [4.69, 9.17) is 10.8 Å². The van der Waals surface area contributed by atoms with E-state index in [1.807, 2.05) is 26.0 Å². The number of aryl methyl sites for hydroxylation is 2. The largest absolute Gasteiger partial charge is 0.480 e. The van der Waals surface area contributed by atoms with E-state index in [0.717, 1.165) is 11.1 Å². The molecule has 1 atom stereocenters. The summed E-state index contributed by atoms with van der Waals surface area (Å²) in [5.41, 5.74) is 8.38. The summed E-state index contributed by atoms with van der Waals surface area (Å²) in [5.74, 6) is -1.25. The number of carboxylic acids is 1. The molecular formula is C19H22N6O4. The molecule has 10 heteroatoms. The van der Waals surface area contributed by atoms with Crippen molar-refractivity contribution in [1.29, 1.82) is 0 Å². The van der Waals surface area contributed by atoms with E-state index < -0.39 is 17.6 Å². The minimum atomic E-state index is -1.13. The van der Waals surface area contributed by atoms with Crippen LogP contribution in [0.25, 0.3) is 6.58 Å². The van der Waals surface area contributed by atoms with Crippen LogP contribution in [0.4, 0.5) is 17.2 Å². The Labute approximate surface area is 165 Å². The summed E-state index contributed by atoms with van der Waals surface area (Å²) in [6.45, 7) is 7.53. The number of carbonyl (C=O) groups is 2. The van der Waals surface area contributed by atoms with Crippen LogP contribution in [0.2, 0.25) is 0 Å². The number of aromatic nitrogens is 2. The van der Waals surface area contributed by atoms with Crippen molar-refractivity contribution in [3.63, 3.8) is 0 Å². The van der Waals surface area contributed by atoms with Gasteiger partial charge in [-0.1, -0.05) is 6.58 Å². The van der Waals surface area contributed by atoms with E-state index in [2.05, 4.69) is 26.9 Å². The van der Waals surface area contributed by atoms with Gasteiger partial charge in [0, 0.05) is 6.54 Å². The second-order valence-electron chi connectivity index (χ2n) is 6.89. The van der Waals surface area contributed by atoms with Crippen LogP contribution in [0.1, 0.15) is 17.5 Å². The van der Waals surface area contributed by atoms with E-state index in [1.54, 1.807) is 4.90 Å². The highest BCUT2D eigenvalue weighted by atomic mass is 16.4. The number of aromatic amines is 1. The lowest BCUT2D eigenvalue weighted by molar-refractivity contribution is -0.138. The Morgan fingerprint density at radius 3 is 2.72 bits per heavy atom. The third-order valence-corrected chi connectivity index (χ3v) is 4.69. The van der Waals surface area contributed by atoms with Crippen LogP contribution in [0.15, 0.2) is 21.9 Å². The van der Waals surface area contributed by atoms with Gasteiger partial charge in [0.15, 0.2) is 11.2 Å². The molecule has 1 aromatic carbocycles. The first-order valence-electron chi connectivity index (χ1n) is 8.99. The normalized spacial score (nSPS) is 13.1. The van der Waals surface area contributed by atoms with Crippen LogP contribution in [0, 0.1) is 13.8 Å². The van der Waals surface area contributed by atoms with Gasteiger partial charge in [-0.05, 0) is 43.5 Å². The van der Waals surface area contributed by atoms with Gasteiger partial charge in [-0.3, -0.25) is 14.4 Å². The zero-order chi connectivity index (χ0) is 21.3. The average molecular weight is 398 g/mol. The van der Waals surface area contributed by atoms with Gasteiger partial charge in [-0.2, -0.15) is 0 Å². The number of H-pyrrole nitrogens is 1. The van der Waals surface area contributed by atoms with Gasteiger partial charge < -0.3 is 26.0 Å². The highest BCUT2D eigenvalue weighted by Gasteiger charge is 2.25. The molecule has 3 rings (SSSR count). The summed E-state index contributed by atoms with van der Waals surface area (Å²) >= 11 is 0. The quantitative estimate of drug-likeness (QED) is 0.492.